The van der Waals surface area contributed by atoms with Crippen LogP contribution in [0.15, 0.2) is 41.0 Å². The van der Waals surface area contributed by atoms with Crippen molar-refractivity contribution in [3.63, 3.8) is 0 Å². The number of hydrogen-bond acceptors (Lipinski definition) is 3. The summed E-state index contributed by atoms with van der Waals surface area (Å²) < 4.78 is 2.01. The number of amides is 1. The van der Waals surface area contributed by atoms with Gasteiger partial charge in [-0.05, 0) is 68.9 Å². The molecule has 0 aliphatic carbocycles. The number of pyridine rings is 1. The highest BCUT2D eigenvalue weighted by Gasteiger charge is 2.10. The van der Waals surface area contributed by atoms with E-state index in [1.54, 1.807) is 18.3 Å². The number of carbonyl (C=O) groups is 1. The lowest BCUT2D eigenvalue weighted by atomic mass is 10.2. The number of nitrogens with zero attached hydrogens (tertiary/aromatic N) is 1. The van der Waals surface area contributed by atoms with Gasteiger partial charge in [-0.1, -0.05) is 0 Å². The summed E-state index contributed by atoms with van der Waals surface area (Å²) in [6.07, 6.45) is 1.55. The Hall–Kier alpha value is -1.15. The number of nitrogens with one attached hydrogen (secondary N) is 1. The van der Waals surface area contributed by atoms with Crippen molar-refractivity contribution >= 4 is 55.9 Å². The van der Waals surface area contributed by atoms with Crippen molar-refractivity contribution in [2.45, 2.75) is 0 Å². The molecule has 0 aliphatic heterocycles. The smallest absolute Gasteiger partial charge is 0.259 e. The van der Waals surface area contributed by atoms with Gasteiger partial charge in [0.05, 0.1) is 5.56 Å². The second-order valence-electron chi connectivity index (χ2n) is 3.52. The van der Waals surface area contributed by atoms with E-state index in [0.29, 0.717) is 11.3 Å². The maximum absolute atomic E-state index is 12.0. The van der Waals surface area contributed by atoms with Crippen molar-refractivity contribution in [2.24, 2.45) is 0 Å². The van der Waals surface area contributed by atoms with Gasteiger partial charge in [0.25, 0.3) is 5.91 Å². The van der Waals surface area contributed by atoms with Crippen LogP contribution in [0.4, 0.5) is 11.5 Å². The van der Waals surface area contributed by atoms with Crippen LogP contribution in [0.2, 0.25) is 0 Å². The van der Waals surface area contributed by atoms with E-state index >= 15 is 0 Å². The fraction of sp³-hybridized carbons (Fsp3) is 0. The lowest BCUT2D eigenvalue weighted by molar-refractivity contribution is 0.102. The van der Waals surface area contributed by atoms with Gasteiger partial charge < -0.3 is 11.1 Å². The molecule has 1 heterocycles. The summed E-state index contributed by atoms with van der Waals surface area (Å²) in [6.45, 7) is 0. The molecular weight excluding hydrogens is 409 g/mol. The molecule has 0 unspecified atom stereocenters. The zero-order valence-corrected chi connectivity index (χ0v) is 12.9. The highest BCUT2D eigenvalue weighted by molar-refractivity contribution is 14.1. The Kier molecular flexibility index (Phi) is 4.18. The maximum Gasteiger partial charge on any atom is 0.259 e. The molecule has 1 aromatic carbocycles. The van der Waals surface area contributed by atoms with Crippen LogP contribution in [0.3, 0.4) is 0 Å². The Morgan fingerprint density at radius 2 is 2.17 bits per heavy atom. The Bertz CT molecular complexity index is 604. The molecule has 6 heteroatoms. The molecule has 0 bridgehead atoms. The summed E-state index contributed by atoms with van der Waals surface area (Å²) in [5.74, 6) is -0.0479. The van der Waals surface area contributed by atoms with E-state index in [9.17, 15) is 4.79 Å². The van der Waals surface area contributed by atoms with Crippen LogP contribution in [0, 0.1) is 3.57 Å². The summed E-state index contributed by atoms with van der Waals surface area (Å²) in [5.41, 5.74) is 6.72. The first kappa shape index (κ1) is 13.3. The molecule has 2 aromatic rings. The van der Waals surface area contributed by atoms with E-state index in [4.69, 9.17) is 5.73 Å². The monoisotopic (exact) mass is 417 g/mol. The topological polar surface area (TPSA) is 68.0 Å². The molecule has 0 fully saturated rings. The minimum absolute atomic E-state index is 0.222. The molecule has 18 heavy (non-hydrogen) atoms. The fourth-order valence-corrected chi connectivity index (χ4v) is 2.10. The van der Waals surface area contributed by atoms with Gasteiger partial charge in [-0.3, -0.25) is 4.79 Å². The van der Waals surface area contributed by atoms with E-state index < -0.39 is 0 Å². The van der Waals surface area contributed by atoms with Crippen molar-refractivity contribution in [3.05, 3.63) is 50.1 Å². The normalized spacial score (nSPS) is 10.1. The predicted molar refractivity (Wildman–Crippen MR) is 83.5 cm³/mol. The SMILES string of the molecule is Nc1ncccc1C(=O)Nc1ccc(I)c(Br)c1. The highest BCUT2D eigenvalue weighted by Crippen LogP contribution is 2.23. The van der Waals surface area contributed by atoms with Crippen molar-refractivity contribution in [2.75, 3.05) is 11.1 Å². The number of halogens is 2. The standard InChI is InChI=1S/C12H9BrIN3O/c13-9-6-7(3-4-10(9)14)17-12(18)8-2-1-5-16-11(8)15/h1-6H,(H2,15,16)(H,17,18). The van der Waals surface area contributed by atoms with Crippen LogP contribution in [-0.4, -0.2) is 10.9 Å². The zero-order chi connectivity index (χ0) is 13.1. The largest absolute Gasteiger partial charge is 0.383 e. The fourth-order valence-electron chi connectivity index (χ4n) is 1.38. The van der Waals surface area contributed by atoms with Crippen LogP contribution in [0.5, 0.6) is 0 Å². The molecule has 1 amide bonds. The zero-order valence-electron chi connectivity index (χ0n) is 9.15. The number of anilines is 2. The summed E-state index contributed by atoms with van der Waals surface area (Å²) in [7, 11) is 0. The molecule has 2 rings (SSSR count). The van der Waals surface area contributed by atoms with Crippen LogP contribution in [-0.2, 0) is 0 Å². The van der Waals surface area contributed by atoms with E-state index in [0.717, 1.165) is 8.04 Å². The van der Waals surface area contributed by atoms with Crippen LogP contribution in [0.25, 0.3) is 0 Å². The summed E-state index contributed by atoms with van der Waals surface area (Å²) >= 11 is 5.61. The van der Waals surface area contributed by atoms with Gasteiger partial charge in [0.15, 0.2) is 0 Å². The Morgan fingerprint density at radius 3 is 2.83 bits per heavy atom. The second kappa shape index (κ2) is 5.66. The molecule has 92 valence electrons. The number of rotatable bonds is 2. The summed E-state index contributed by atoms with van der Waals surface area (Å²) in [6, 6.07) is 8.89. The quantitative estimate of drug-likeness (QED) is 0.736. The van der Waals surface area contributed by atoms with Gasteiger partial charge in [0.1, 0.15) is 5.82 Å². The van der Waals surface area contributed by atoms with Crippen LogP contribution in [0.1, 0.15) is 10.4 Å². The van der Waals surface area contributed by atoms with Crippen molar-refractivity contribution in [3.8, 4) is 0 Å². The van der Waals surface area contributed by atoms with Crippen molar-refractivity contribution < 1.29 is 4.79 Å². The third kappa shape index (κ3) is 2.99. The summed E-state index contributed by atoms with van der Waals surface area (Å²) in [4.78, 5) is 15.9. The number of carbonyl (C=O) groups excluding carboxylic acids is 1. The van der Waals surface area contributed by atoms with Gasteiger partial charge in [0, 0.05) is 19.9 Å². The second-order valence-corrected chi connectivity index (χ2v) is 5.54. The van der Waals surface area contributed by atoms with E-state index in [2.05, 4.69) is 48.8 Å². The summed E-state index contributed by atoms with van der Waals surface area (Å²) in [5, 5.41) is 2.77. The molecule has 0 saturated carbocycles. The van der Waals surface area contributed by atoms with Gasteiger partial charge in [-0.2, -0.15) is 0 Å². The van der Waals surface area contributed by atoms with E-state index in [1.807, 2.05) is 18.2 Å². The number of hydrogen-bond donors (Lipinski definition) is 2. The molecule has 3 N–H and O–H groups in total. The molecule has 0 spiro atoms. The Morgan fingerprint density at radius 1 is 1.39 bits per heavy atom. The Labute approximate surface area is 126 Å². The Balaban J connectivity index is 2.22. The first-order chi connectivity index (χ1) is 8.58. The molecule has 0 atom stereocenters. The molecular formula is C12H9BrIN3O. The number of aromatic nitrogens is 1. The average molecular weight is 418 g/mol. The molecule has 0 saturated heterocycles. The van der Waals surface area contributed by atoms with Gasteiger partial charge in [-0.25, -0.2) is 4.98 Å². The first-order valence-corrected chi connectivity index (χ1v) is 6.92. The predicted octanol–water partition coefficient (Wildman–Crippen LogP) is 3.28. The number of nitrogens with two attached hydrogens (primary N) is 1. The third-order valence-electron chi connectivity index (χ3n) is 2.26. The van der Waals surface area contributed by atoms with E-state index in [-0.39, 0.29) is 11.7 Å². The van der Waals surface area contributed by atoms with Gasteiger partial charge in [-0.15, -0.1) is 0 Å². The van der Waals surface area contributed by atoms with Crippen LogP contribution >= 0.6 is 38.5 Å². The molecule has 4 nitrogen and oxygen atoms in total. The van der Waals surface area contributed by atoms with Crippen LogP contribution < -0.4 is 11.1 Å². The minimum atomic E-state index is -0.270. The van der Waals surface area contributed by atoms with Gasteiger partial charge >= 0.3 is 0 Å². The molecule has 1 aromatic heterocycles. The average Bonchev–Trinajstić information content (AvgIpc) is 2.34. The van der Waals surface area contributed by atoms with Crippen molar-refractivity contribution in [1.29, 1.82) is 0 Å². The lowest BCUT2D eigenvalue weighted by Gasteiger charge is -2.07. The van der Waals surface area contributed by atoms with Gasteiger partial charge in [0.2, 0.25) is 0 Å². The number of nitrogen functional groups attached to an aromatic ring is 1. The highest BCUT2D eigenvalue weighted by atomic mass is 127. The lowest BCUT2D eigenvalue weighted by Crippen LogP contribution is -2.14. The first-order valence-electron chi connectivity index (χ1n) is 5.05. The maximum atomic E-state index is 12.0. The minimum Gasteiger partial charge on any atom is -0.383 e. The van der Waals surface area contributed by atoms with E-state index in [1.165, 1.54) is 0 Å². The van der Waals surface area contributed by atoms with Crippen molar-refractivity contribution in [1.82, 2.24) is 4.98 Å². The molecule has 0 aliphatic rings. The third-order valence-corrected chi connectivity index (χ3v) is 4.60. The number of benzene rings is 1. The molecule has 0 radical (unpaired) electrons.